The van der Waals surface area contributed by atoms with Crippen molar-refractivity contribution in [3.8, 4) is 0 Å². The van der Waals surface area contributed by atoms with E-state index in [2.05, 4.69) is 4.72 Å². The number of carbonyl (C=O) groups excluding carboxylic acids is 1. The molecule has 134 valence electrons. The van der Waals surface area contributed by atoms with Crippen LogP contribution >= 0.6 is 0 Å². The molecule has 0 aliphatic carbocycles. The molecule has 1 N–H and O–H groups in total. The van der Waals surface area contributed by atoms with Crippen LogP contribution in [-0.2, 0) is 10.0 Å². The van der Waals surface area contributed by atoms with Crippen LogP contribution in [0.3, 0.4) is 0 Å². The van der Waals surface area contributed by atoms with Gasteiger partial charge in [0.05, 0.1) is 4.90 Å². The van der Waals surface area contributed by atoms with E-state index >= 15 is 0 Å². The molecule has 0 aliphatic heterocycles. The maximum absolute atomic E-state index is 13.1. The number of nitrogens with one attached hydrogen (secondary N) is 1. The standard InChI is InChI=1S/C18H21FN2O3S/c1-4-21(16-10-8-15(19)9-11-16)18(22)14-6-5-7-17(12-14)25(23,24)20-13(2)3/h5-13,20H,4H2,1-3H3. The van der Waals surface area contributed by atoms with E-state index in [0.29, 0.717) is 12.2 Å². The Labute approximate surface area is 147 Å². The first-order valence-electron chi connectivity index (χ1n) is 7.94. The molecule has 0 unspecified atom stereocenters. The topological polar surface area (TPSA) is 66.5 Å². The highest BCUT2D eigenvalue weighted by molar-refractivity contribution is 7.89. The Bertz CT molecular complexity index is 849. The highest BCUT2D eigenvalue weighted by Crippen LogP contribution is 2.19. The van der Waals surface area contributed by atoms with E-state index in [1.807, 2.05) is 0 Å². The molecule has 7 heteroatoms. The van der Waals surface area contributed by atoms with Gasteiger partial charge in [0.15, 0.2) is 0 Å². The first-order valence-corrected chi connectivity index (χ1v) is 9.42. The lowest BCUT2D eigenvalue weighted by Gasteiger charge is -2.21. The molecule has 0 heterocycles. The third kappa shape index (κ3) is 4.64. The van der Waals surface area contributed by atoms with Gasteiger partial charge in [-0.05, 0) is 63.2 Å². The van der Waals surface area contributed by atoms with E-state index in [1.165, 1.54) is 47.4 Å². The molecule has 0 atom stereocenters. The molecule has 0 aliphatic rings. The van der Waals surface area contributed by atoms with E-state index in [4.69, 9.17) is 0 Å². The minimum Gasteiger partial charge on any atom is -0.309 e. The molecule has 5 nitrogen and oxygen atoms in total. The van der Waals surface area contributed by atoms with Crippen LogP contribution in [-0.4, -0.2) is 26.9 Å². The summed E-state index contributed by atoms with van der Waals surface area (Å²) in [6.07, 6.45) is 0. The van der Waals surface area contributed by atoms with Crippen molar-refractivity contribution in [2.24, 2.45) is 0 Å². The number of carbonyl (C=O) groups is 1. The maximum Gasteiger partial charge on any atom is 0.258 e. The van der Waals surface area contributed by atoms with Crippen LogP contribution in [0.15, 0.2) is 53.4 Å². The van der Waals surface area contributed by atoms with Gasteiger partial charge in [-0.1, -0.05) is 6.07 Å². The van der Waals surface area contributed by atoms with Gasteiger partial charge in [0, 0.05) is 23.8 Å². The average molecular weight is 364 g/mol. The number of hydrogen-bond donors (Lipinski definition) is 1. The fourth-order valence-corrected chi connectivity index (χ4v) is 3.69. The molecule has 2 aromatic carbocycles. The van der Waals surface area contributed by atoms with Crippen LogP contribution in [0, 0.1) is 5.82 Å². The minimum atomic E-state index is -3.69. The summed E-state index contributed by atoms with van der Waals surface area (Å²) >= 11 is 0. The number of halogens is 1. The number of benzene rings is 2. The molecule has 0 spiro atoms. The molecular weight excluding hydrogens is 343 g/mol. The Hall–Kier alpha value is -2.25. The van der Waals surface area contributed by atoms with E-state index in [1.54, 1.807) is 26.8 Å². The zero-order chi connectivity index (χ0) is 18.6. The Balaban J connectivity index is 2.35. The number of sulfonamides is 1. The van der Waals surface area contributed by atoms with Crippen molar-refractivity contribution in [3.05, 3.63) is 59.9 Å². The molecule has 0 radical (unpaired) electrons. The number of nitrogens with zero attached hydrogens (tertiary/aromatic N) is 1. The van der Waals surface area contributed by atoms with E-state index in [-0.39, 0.29) is 28.2 Å². The molecule has 0 fully saturated rings. The Morgan fingerprint density at radius 1 is 1.16 bits per heavy atom. The molecule has 0 saturated heterocycles. The molecule has 2 aromatic rings. The van der Waals surface area contributed by atoms with Gasteiger partial charge in [0.2, 0.25) is 10.0 Å². The average Bonchev–Trinajstić information content (AvgIpc) is 2.56. The second kappa shape index (κ2) is 7.76. The fraction of sp³-hybridized carbons (Fsp3) is 0.278. The molecule has 0 aromatic heterocycles. The normalized spacial score (nSPS) is 11.6. The largest absolute Gasteiger partial charge is 0.309 e. The minimum absolute atomic E-state index is 0.0298. The second-order valence-electron chi connectivity index (χ2n) is 5.83. The van der Waals surface area contributed by atoms with Crippen LogP contribution in [0.25, 0.3) is 0 Å². The fourth-order valence-electron chi connectivity index (χ4n) is 2.39. The number of rotatable bonds is 6. The van der Waals surface area contributed by atoms with Gasteiger partial charge in [-0.2, -0.15) is 0 Å². The van der Waals surface area contributed by atoms with Crippen LogP contribution in [0.4, 0.5) is 10.1 Å². The highest BCUT2D eigenvalue weighted by atomic mass is 32.2. The van der Waals surface area contributed by atoms with Crippen molar-refractivity contribution < 1.29 is 17.6 Å². The van der Waals surface area contributed by atoms with Crippen molar-refractivity contribution >= 4 is 21.6 Å². The van der Waals surface area contributed by atoms with Crippen LogP contribution in [0.5, 0.6) is 0 Å². The lowest BCUT2D eigenvalue weighted by molar-refractivity contribution is 0.0988. The first kappa shape index (κ1) is 19.1. The van der Waals surface area contributed by atoms with E-state index in [9.17, 15) is 17.6 Å². The molecule has 25 heavy (non-hydrogen) atoms. The SMILES string of the molecule is CCN(C(=O)c1cccc(S(=O)(=O)NC(C)C)c1)c1ccc(F)cc1. The Morgan fingerprint density at radius 2 is 1.80 bits per heavy atom. The summed E-state index contributed by atoms with van der Waals surface area (Å²) in [5.41, 5.74) is 0.792. The molecule has 1 amide bonds. The van der Waals surface area contributed by atoms with Gasteiger partial charge in [-0.3, -0.25) is 4.79 Å². The molecule has 2 rings (SSSR count). The number of anilines is 1. The van der Waals surface area contributed by atoms with Crippen molar-refractivity contribution in [1.82, 2.24) is 4.72 Å². The summed E-state index contributed by atoms with van der Waals surface area (Å²) < 4.78 is 40.2. The lowest BCUT2D eigenvalue weighted by Crippen LogP contribution is -2.32. The van der Waals surface area contributed by atoms with Crippen LogP contribution in [0.2, 0.25) is 0 Å². The van der Waals surface area contributed by atoms with Crippen molar-refractivity contribution in [1.29, 1.82) is 0 Å². The van der Waals surface area contributed by atoms with Gasteiger partial charge in [0.25, 0.3) is 5.91 Å². The van der Waals surface area contributed by atoms with Crippen molar-refractivity contribution in [3.63, 3.8) is 0 Å². The number of hydrogen-bond acceptors (Lipinski definition) is 3. The number of amides is 1. The van der Waals surface area contributed by atoms with Crippen molar-refractivity contribution in [2.75, 3.05) is 11.4 Å². The van der Waals surface area contributed by atoms with Gasteiger partial charge in [-0.25, -0.2) is 17.5 Å². The summed E-state index contributed by atoms with van der Waals surface area (Å²) in [5.74, 6) is -0.740. The van der Waals surface area contributed by atoms with Gasteiger partial charge in [-0.15, -0.1) is 0 Å². The Morgan fingerprint density at radius 3 is 2.36 bits per heavy atom. The first-order chi connectivity index (χ1) is 11.7. The van der Waals surface area contributed by atoms with E-state index in [0.717, 1.165) is 0 Å². The summed E-state index contributed by atoms with van der Waals surface area (Å²) in [6, 6.07) is 11.2. The maximum atomic E-state index is 13.1. The summed E-state index contributed by atoms with van der Waals surface area (Å²) in [4.78, 5) is 14.3. The highest BCUT2D eigenvalue weighted by Gasteiger charge is 2.20. The summed E-state index contributed by atoms with van der Waals surface area (Å²) in [7, 11) is -3.69. The summed E-state index contributed by atoms with van der Waals surface area (Å²) in [5, 5.41) is 0. The van der Waals surface area contributed by atoms with Crippen molar-refractivity contribution in [2.45, 2.75) is 31.7 Å². The summed E-state index contributed by atoms with van der Waals surface area (Å²) in [6.45, 7) is 5.60. The third-order valence-corrected chi connectivity index (χ3v) is 5.14. The Kier molecular flexibility index (Phi) is 5.92. The van der Waals surface area contributed by atoms with Gasteiger partial charge >= 0.3 is 0 Å². The third-order valence-electron chi connectivity index (χ3n) is 3.48. The molecule has 0 bridgehead atoms. The van der Waals surface area contributed by atoms with Crippen LogP contribution < -0.4 is 9.62 Å². The van der Waals surface area contributed by atoms with Gasteiger partial charge < -0.3 is 4.90 Å². The van der Waals surface area contributed by atoms with E-state index < -0.39 is 10.0 Å². The predicted octanol–water partition coefficient (Wildman–Crippen LogP) is 3.18. The molecule has 0 saturated carbocycles. The zero-order valence-corrected chi connectivity index (χ0v) is 15.2. The molecular formula is C18H21FN2O3S. The van der Waals surface area contributed by atoms with Crippen LogP contribution in [0.1, 0.15) is 31.1 Å². The smallest absolute Gasteiger partial charge is 0.258 e. The quantitative estimate of drug-likeness (QED) is 0.856. The lowest BCUT2D eigenvalue weighted by atomic mass is 10.2. The van der Waals surface area contributed by atoms with Gasteiger partial charge in [0.1, 0.15) is 5.82 Å². The zero-order valence-electron chi connectivity index (χ0n) is 14.4. The predicted molar refractivity (Wildman–Crippen MR) is 95.7 cm³/mol. The monoisotopic (exact) mass is 364 g/mol. The second-order valence-corrected chi connectivity index (χ2v) is 7.54.